The van der Waals surface area contributed by atoms with Gasteiger partial charge in [-0.15, -0.1) is 11.6 Å². The molecule has 1 amide bonds. The fraction of sp³-hybridized carbons (Fsp3) is 0.417. The van der Waals surface area contributed by atoms with Crippen LogP contribution in [0.15, 0.2) is 24.3 Å². The Hall–Kier alpha value is -1.07. The number of rotatable bonds is 6. The minimum Gasteiger partial charge on any atom is -0.352 e. The fourth-order valence-corrected chi connectivity index (χ4v) is 2.23. The van der Waals surface area contributed by atoms with Gasteiger partial charge in [-0.2, -0.15) is 0 Å². The molecule has 0 fully saturated rings. The van der Waals surface area contributed by atoms with Gasteiger partial charge in [-0.05, 0) is 24.1 Å². The Morgan fingerprint density at radius 1 is 1.28 bits per heavy atom. The normalized spacial score (nSPS) is 11.2. The van der Waals surface area contributed by atoms with Gasteiger partial charge < -0.3 is 5.32 Å². The molecule has 18 heavy (non-hydrogen) atoms. The lowest BCUT2D eigenvalue weighted by molar-refractivity contribution is 0.0953. The number of amides is 1. The van der Waals surface area contributed by atoms with E-state index in [1.54, 1.807) is 24.3 Å². The predicted octanol–water partition coefficient (Wildman–Crippen LogP) is 1.59. The highest BCUT2D eigenvalue weighted by molar-refractivity contribution is 7.90. The van der Waals surface area contributed by atoms with Crippen LogP contribution in [-0.4, -0.2) is 32.9 Å². The summed E-state index contributed by atoms with van der Waals surface area (Å²) < 4.78 is 21.8. The predicted molar refractivity (Wildman–Crippen MR) is 72.7 cm³/mol. The lowest BCUT2D eigenvalue weighted by Crippen LogP contribution is -2.25. The highest BCUT2D eigenvalue weighted by atomic mass is 35.5. The molecule has 0 aromatic heterocycles. The van der Waals surface area contributed by atoms with Gasteiger partial charge in [0, 0.05) is 24.2 Å². The van der Waals surface area contributed by atoms with Crippen LogP contribution in [0.5, 0.6) is 0 Å². The molecule has 0 heterocycles. The van der Waals surface area contributed by atoms with Gasteiger partial charge in [0.15, 0.2) is 0 Å². The van der Waals surface area contributed by atoms with Crippen LogP contribution < -0.4 is 5.32 Å². The zero-order valence-electron chi connectivity index (χ0n) is 10.1. The van der Waals surface area contributed by atoms with Crippen LogP contribution in [0.25, 0.3) is 0 Å². The van der Waals surface area contributed by atoms with Crippen molar-refractivity contribution in [3.63, 3.8) is 0 Å². The van der Waals surface area contributed by atoms with Gasteiger partial charge in [-0.3, -0.25) is 4.79 Å². The Bertz CT molecular complexity index is 497. The van der Waals surface area contributed by atoms with Gasteiger partial charge >= 0.3 is 0 Å². The Morgan fingerprint density at radius 3 is 2.39 bits per heavy atom. The van der Waals surface area contributed by atoms with E-state index in [0.29, 0.717) is 24.4 Å². The molecule has 1 aromatic rings. The van der Waals surface area contributed by atoms with Gasteiger partial charge in [0.25, 0.3) is 5.91 Å². The van der Waals surface area contributed by atoms with E-state index in [0.717, 1.165) is 5.56 Å². The van der Waals surface area contributed by atoms with Crippen molar-refractivity contribution in [3.05, 3.63) is 35.4 Å². The molecule has 0 unspecified atom stereocenters. The third kappa shape index (κ3) is 5.51. The lowest BCUT2D eigenvalue weighted by atomic mass is 10.1. The Morgan fingerprint density at radius 2 is 1.89 bits per heavy atom. The maximum atomic E-state index is 11.7. The van der Waals surface area contributed by atoms with E-state index in [2.05, 4.69) is 5.32 Å². The van der Waals surface area contributed by atoms with E-state index in [1.165, 1.54) is 6.26 Å². The number of carbonyl (C=O) groups excluding carboxylic acids is 1. The van der Waals surface area contributed by atoms with E-state index >= 15 is 0 Å². The van der Waals surface area contributed by atoms with Gasteiger partial charge in [0.1, 0.15) is 9.84 Å². The number of alkyl halides is 1. The first-order chi connectivity index (χ1) is 8.42. The standard InChI is InChI=1S/C12H16ClNO3S/c1-18(16,17)8-2-7-14-12(15)11-5-3-10(9-13)4-6-11/h3-6H,2,7-9H2,1H3,(H,14,15). The summed E-state index contributed by atoms with van der Waals surface area (Å²) in [6, 6.07) is 6.98. The average molecular weight is 290 g/mol. The van der Waals surface area contributed by atoms with Crippen molar-refractivity contribution < 1.29 is 13.2 Å². The van der Waals surface area contributed by atoms with Crippen LogP contribution in [0.2, 0.25) is 0 Å². The molecule has 1 aromatic carbocycles. The lowest BCUT2D eigenvalue weighted by Gasteiger charge is -2.05. The SMILES string of the molecule is CS(=O)(=O)CCCNC(=O)c1ccc(CCl)cc1. The summed E-state index contributed by atoms with van der Waals surface area (Å²) in [5, 5.41) is 2.67. The molecular formula is C12H16ClNO3S. The van der Waals surface area contributed by atoms with Crippen molar-refractivity contribution in [3.8, 4) is 0 Å². The van der Waals surface area contributed by atoms with Crippen molar-refractivity contribution in [2.24, 2.45) is 0 Å². The quantitative estimate of drug-likeness (QED) is 0.639. The van der Waals surface area contributed by atoms with Gasteiger partial charge in [0.05, 0.1) is 5.75 Å². The fourth-order valence-electron chi connectivity index (χ4n) is 1.38. The van der Waals surface area contributed by atoms with Gasteiger partial charge in [-0.1, -0.05) is 12.1 Å². The van der Waals surface area contributed by atoms with Crippen LogP contribution in [0.4, 0.5) is 0 Å². The molecule has 0 saturated heterocycles. The molecule has 6 heteroatoms. The number of carbonyl (C=O) groups is 1. The molecule has 1 N–H and O–H groups in total. The van der Waals surface area contributed by atoms with Gasteiger partial charge in [-0.25, -0.2) is 8.42 Å². The minimum absolute atomic E-state index is 0.0818. The summed E-state index contributed by atoms with van der Waals surface area (Å²) in [5.74, 6) is 0.291. The third-order valence-electron chi connectivity index (χ3n) is 2.35. The van der Waals surface area contributed by atoms with E-state index < -0.39 is 9.84 Å². The number of hydrogen-bond donors (Lipinski definition) is 1. The summed E-state index contributed by atoms with van der Waals surface area (Å²) in [7, 11) is -2.96. The Labute approximate surface area is 112 Å². The Kier molecular flexibility index (Phi) is 5.62. The number of halogens is 1. The van der Waals surface area contributed by atoms with E-state index in [9.17, 15) is 13.2 Å². The third-order valence-corrected chi connectivity index (χ3v) is 3.69. The summed E-state index contributed by atoms with van der Waals surface area (Å²) in [5.41, 5.74) is 1.49. The van der Waals surface area contributed by atoms with Crippen molar-refractivity contribution >= 4 is 27.3 Å². The number of nitrogens with one attached hydrogen (secondary N) is 1. The molecule has 0 spiro atoms. The van der Waals surface area contributed by atoms with E-state index in [-0.39, 0.29) is 11.7 Å². The second-order valence-corrected chi connectivity index (χ2v) is 6.60. The zero-order valence-corrected chi connectivity index (χ0v) is 11.7. The molecule has 0 aliphatic heterocycles. The molecule has 0 aliphatic carbocycles. The first-order valence-corrected chi connectivity index (χ1v) is 8.13. The van der Waals surface area contributed by atoms with E-state index in [4.69, 9.17) is 11.6 Å². The molecule has 0 atom stereocenters. The largest absolute Gasteiger partial charge is 0.352 e. The molecule has 0 bridgehead atoms. The van der Waals surface area contributed by atoms with E-state index in [1.807, 2.05) is 0 Å². The number of hydrogen-bond acceptors (Lipinski definition) is 3. The Balaban J connectivity index is 2.40. The summed E-state index contributed by atoms with van der Waals surface area (Å²) in [4.78, 5) is 11.7. The molecule has 0 aliphatic rings. The average Bonchev–Trinajstić information content (AvgIpc) is 2.33. The summed E-state index contributed by atoms with van der Waals surface area (Å²) in [6.07, 6.45) is 1.60. The zero-order chi connectivity index (χ0) is 13.6. The second-order valence-electron chi connectivity index (χ2n) is 4.07. The van der Waals surface area contributed by atoms with Gasteiger partial charge in [0.2, 0.25) is 0 Å². The molecule has 0 saturated carbocycles. The summed E-state index contributed by atoms with van der Waals surface area (Å²) >= 11 is 5.65. The maximum absolute atomic E-state index is 11.7. The minimum atomic E-state index is -2.96. The summed E-state index contributed by atoms with van der Waals surface area (Å²) in [6.45, 7) is 0.350. The van der Waals surface area contributed by atoms with Crippen LogP contribution in [-0.2, 0) is 15.7 Å². The van der Waals surface area contributed by atoms with Crippen LogP contribution in [0, 0.1) is 0 Å². The van der Waals surface area contributed by atoms with Crippen LogP contribution in [0.3, 0.4) is 0 Å². The number of sulfone groups is 1. The molecule has 100 valence electrons. The highest BCUT2D eigenvalue weighted by Crippen LogP contribution is 2.06. The monoisotopic (exact) mass is 289 g/mol. The molecule has 1 rings (SSSR count). The van der Waals surface area contributed by atoms with Crippen molar-refractivity contribution in [2.45, 2.75) is 12.3 Å². The second kappa shape index (κ2) is 6.75. The smallest absolute Gasteiger partial charge is 0.251 e. The topological polar surface area (TPSA) is 63.2 Å². The first kappa shape index (κ1) is 15.0. The molecule has 0 radical (unpaired) electrons. The first-order valence-electron chi connectivity index (χ1n) is 5.53. The van der Waals surface area contributed by atoms with Crippen LogP contribution >= 0.6 is 11.6 Å². The maximum Gasteiger partial charge on any atom is 0.251 e. The van der Waals surface area contributed by atoms with Crippen LogP contribution in [0.1, 0.15) is 22.3 Å². The molecule has 4 nitrogen and oxygen atoms in total. The van der Waals surface area contributed by atoms with Crippen molar-refractivity contribution in [1.29, 1.82) is 0 Å². The highest BCUT2D eigenvalue weighted by Gasteiger charge is 2.06. The number of benzene rings is 1. The van der Waals surface area contributed by atoms with Crippen molar-refractivity contribution in [2.75, 3.05) is 18.6 Å². The van der Waals surface area contributed by atoms with Crippen molar-refractivity contribution in [1.82, 2.24) is 5.32 Å². The molecular weight excluding hydrogens is 274 g/mol.